The van der Waals surface area contributed by atoms with Crippen LogP contribution in [0.1, 0.15) is 16.7 Å². The second-order valence-corrected chi connectivity index (χ2v) is 8.52. The van der Waals surface area contributed by atoms with Crippen molar-refractivity contribution in [2.24, 2.45) is 0 Å². The quantitative estimate of drug-likeness (QED) is 0.642. The van der Waals surface area contributed by atoms with Crippen molar-refractivity contribution in [2.75, 3.05) is 37.6 Å². The summed E-state index contributed by atoms with van der Waals surface area (Å²) in [7, 11) is 0. The summed E-state index contributed by atoms with van der Waals surface area (Å²) in [5.41, 5.74) is 5.93. The first kappa shape index (κ1) is 20.0. The van der Waals surface area contributed by atoms with Gasteiger partial charge >= 0.3 is 0 Å². The van der Waals surface area contributed by atoms with Crippen LogP contribution in [0.5, 0.6) is 0 Å². The number of carbonyl (C=O) groups is 1. The molecule has 3 aromatic carbocycles. The van der Waals surface area contributed by atoms with Crippen molar-refractivity contribution in [3.05, 3.63) is 95.6 Å². The highest BCUT2D eigenvalue weighted by molar-refractivity contribution is 6.03. The van der Waals surface area contributed by atoms with Crippen molar-refractivity contribution in [2.45, 2.75) is 19.4 Å². The van der Waals surface area contributed by atoms with Crippen LogP contribution in [0, 0.1) is 0 Å². The van der Waals surface area contributed by atoms with Crippen LogP contribution in [0.4, 0.5) is 11.4 Å². The van der Waals surface area contributed by atoms with Gasteiger partial charge in [0.25, 0.3) is 0 Å². The van der Waals surface area contributed by atoms with Crippen LogP contribution in [-0.2, 0) is 24.2 Å². The lowest BCUT2D eigenvalue weighted by atomic mass is 10.0. The van der Waals surface area contributed by atoms with Crippen LogP contribution in [0.25, 0.3) is 0 Å². The molecule has 158 valence electrons. The number of rotatable bonds is 4. The number of hydrogen-bond donors (Lipinski definition) is 0. The van der Waals surface area contributed by atoms with Crippen molar-refractivity contribution in [1.82, 2.24) is 9.80 Å². The predicted octanol–water partition coefficient (Wildman–Crippen LogP) is 4.27. The molecule has 1 amide bonds. The molecule has 0 unspecified atom stereocenters. The highest BCUT2D eigenvalue weighted by atomic mass is 16.2. The van der Waals surface area contributed by atoms with E-state index in [9.17, 15) is 4.79 Å². The number of nitrogens with zero attached hydrogens (tertiary/aromatic N) is 3. The van der Waals surface area contributed by atoms with E-state index in [1.807, 2.05) is 17.0 Å². The maximum atomic E-state index is 13.6. The Labute approximate surface area is 184 Å². The molecule has 0 radical (unpaired) electrons. The lowest BCUT2D eigenvalue weighted by molar-refractivity contribution is -0.119. The number of piperazine rings is 1. The number of carbonyl (C=O) groups excluding carboxylic acids is 1. The van der Waals surface area contributed by atoms with Gasteiger partial charge in [-0.2, -0.15) is 0 Å². The van der Waals surface area contributed by atoms with Crippen LogP contribution in [0.3, 0.4) is 0 Å². The van der Waals surface area contributed by atoms with E-state index in [1.165, 1.54) is 16.7 Å². The van der Waals surface area contributed by atoms with Crippen LogP contribution >= 0.6 is 0 Å². The molecule has 31 heavy (non-hydrogen) atoms. The minimum Gasteiger partial charge on any atom is -0.297 e. The van der Waals surface area contributed by atoms with E-state index in [-0.39, 0.29) is 5.91 Å². The van der Waals surface area contributed by atoms with Crippen molar-refractivity contribution in [3.8, 4) is 0 Å². The molecule has 0 aromatic heterocycles. The molecule has 0 N–H and O–H groups in total. The van der Waals surface area contributed by atoms with Crippen LogP contribution in [-0.4, -0.2) is 48.4 Å². The molecular formula is C27H29N3O. The number of benzene rings is 3. The zero-order valence-electron chi connectivity index (χ0n) is 17.9. The number of para-hydroxylation sites is 2. The van der Waals surface area contributed by atoms with Crippen LogP contribution < -0.4 is 4.90 Å². The summed E-state index contributed by atoms with van der Waals surface area (Å²) in [5.74, 6) is 0.165. The molecule has 0 saturated carbocycles. The summed E-state index contributed by atoms with van der Waals surface area (Å²) < 4.78 is 0. The molecule has 1 saturated heterocycles. The Morgan fingerprint density at radius 3 is 1.77 bits per heavy atom. The van der Waals surface area contributed by atoms with Gasteiger partial charge in [0.2, 0.25) is 5.91 Å². The first-order chi connectivity index (χ1) is 15.3. The second kappa shape index (κ2) is 9.04. The van der Waals surface area contributed by atoms with Crippen molar-refractivity contribution < 1.29 is 4.79 Å². The van der Waals surface area contributed by atoms with Crippen LogP contribution in [0.2, 0.25) is 0 Å². The maximum absolute atomic E-state index is 13.6. The fourth-order valence-corrected chi connectivity index (χ4v) is 4.76. The van der Waals surface area contributed by atoms with Gasteiger partial charge in [0, 0.05) is 32.7 Å². The molecular weight excluding hydrogens is 382 g/mol. The van der Waals surface area contributed by atoms with E-state index in [2.05, 4.69) is 76.5 Å². The molecule has 5 rings (SSSR count). The first-order valence-electron chi connectivity index (χ1n) is 11.3. The summed E-state index contributed by atoms with van der Waals surface area (Å²) in [5, 5.41) is 0. The summed E-state index contributed by atoms with van der Waals surface area (Å²) in [6, 6.07) is 27.3. The molecule has 2 aliphatic heterocycles. The number of aryl methyl sites for hydroxylation is 2. The molecule has 0 aliphatic carbocycles. The van der Waals surface area contributed by atoms with Gasteiger partial charge in [0.05, 0.1) is 17.9 Å². The topological polar surface area (TPSA) is 26.8 Å². The molecule has 4 nitrogen and oxygen atoms in total. The van der Waals surface area contributed by atoms with E-state index in [0.29, 0.717) is 6.54 Å². The third-order valence-corrected chi connectivity index (χ3v) is 6.45. The Morgan fingerprint density at radius 1 is 0.645 bits per heavy atom. The Bertz CT molecular complexity index is 994. The largest absolute Gasteiger partial charge is 0.297 e. The van der Waals surface area contributed by atoms with Crippen molar-refractivity contribution in [1.29, 1.82) is 0 Å². The molecule has 0 bridgehead atoms. The zero-order valence-corrected chi connectivity index (χ0v) is 17.9. The maximum Gasteiger partial charge on any atom is 0.245 e. The number of fused-ring (bicyclic) bond motifs is 2. The lowest BCUT2D eigenvalue weighted by Gasteiger charge is -2.35. The van der Waals surface area contributed by atoms with Crippen molar-refractivity contribution >= 4 is 17.3 Å². The third kappa shape index (κ3) is 4.41. The zero-order chi connectivity index (χ0) is 21.0. The monoisotopic (exact) mass is 411 g/mol. The summed E-state index contributed by atoms with van der Waals surface area (Å²) in [6.45, 7) is 5.29. The normalized spacial score (nSPS) is 17.0. The summed E-state index contributed by atoms with van der Waals surface area (Å²) in [6.07, 6.45) is 1.93. The minimum atomic E-state index is 0.165. The highest BCUT2D eigenvalue weighted by Gasteiger charge is 2.28. The first-order valence-corrected chi connectivity index (χ1v) is 11.3. The van der Waals surface area contributed by atoms with Crippen LogP contribution in [0.15, 0.2) is 78.9 Å². The van der Waals surface area contributed by atoms with Gasteiger partial charge in [0.1, 0.15) is 0 Å². The number of hydrogen-bond acceptors (Lipinski definition) is 3. The third-order valence-electron chi connectivity index (χ3n) is 6.45. The predicted molar refractivity (Wildman–Crippen MR) is 126 cm³/mol. The smallest absolute Gasteiger partial charge is 0.245 e. The molecule has 0 atom stereocenters. The van der Waals surface area contributed by atoms with E-state index in [0.717, 1.165) is 56.9 Å². The van der Waals surface area contributed by atoms with Gasteiger partial charge < -0.3 is 0 Å². The van der Waals surface area contributed by atoms with Crippen molar-refractivity contribution in [3.63, 3.8) is 0 Å². The van der Waals surface area contributed by atoms with E-state index >= 15 is 0 Å². The average molecular weight is 412 g/mol. The minimum absolute atomic E-state index is 0.165. The Hall–Kier alpha value is -2.95. The average Bonchev–Trinajstić information content (AvgIpc) is 2.98. The van der Waals surface area contributed by atoms with Gasteiger partial charge in [0.15, 0.2) is 0 Å². The van der Waals surface area contributed by atoms with Gasteiger partial charge in [-0.1, -0.05) is 66.7 Å². The van der Waals surface area contributed by atoms with Gasteiger partial charge in [-0.25, -0.2) is 0 Å². The summed E-state index contributed by atoms with van der Waals surface area (Å²) >= 11 is 0. The number of anilines is 2. The van der Waals surface area contributed by atoms with E-state index in [1.54, 1.807) is 0 Å². The Balaban J connectivity index is 1.29. The molecule has 2 aliphatic rings. The van der Waals surface area contributed by atoms with Gasteiger partial charge in [-0.05, 0) is 41.7 Å². The van der Waals surface area contributed by atoms with Gasteiger partial charge in [-0.15, -0.1) is 0 Å². The fourth-order valence-electron chi connectivity index (χ4n) is 4.76. The molecule has 2 heterocycles. The van der Waals surface area contributed by atoms with E-state index < -0.39 is 0 Å². The molecule has 1 fully saturated rings. The SMILES string of the molecule is O=C(CN1CCN(Cc2ccccc2)CC1)N1c2ccccc2CCc2ccccc21. The fraction of sp³-hybridized carbons (Fsp3) is 0.296. The lowest BCUT2D eigenvalue weighted by Crippen LogP contribution is -2.49. The molecule has 3 aromatic rings. The molecule has 0 spiro atoms. The van der Waals surface area contributed by atoms with E-state index in [4.69, 9.17) is 0 Å². The highest BCUT2D eigenvalue weighted by Crippen LogP contribution is 2.36. The number of amides is 1. The Morgan fingerprint density at radius 2 is 1.16 bits per heavy atom. The standard InChI is InChI=1S/C27H29N3O/c31-27(21-29-18-16-28(17-19-29)20-22-8-2-1-3-9-22)30-25-12-6-4-10-23(25)14-15-24-11-5-7-13-26(24)30/h1-13H,14-21H2. The Kier molecular flexibility index (Phi) is 5.83. The van der Waals surface area contributed by atoms with Gasteiger partial charge in [-0.3, -0.25) is 19.5 Å². The summed E-state index contributed by atoms with van der Waals surface area (Å²) in [4.78, 5) is 20.3. The second-order valence-electron chi connectivity index (χ2n) is 8.52. The molecule has 4 heteroatoms.